The molecule has 0 aliphatic carbocycles. The van der Waals surface area contributed by atoms with Gasteiger partial charge in [-0.1, -0.05) is 6.42 Å². The highest BCUT2D eigenvalue weighted by Crippen LogP contribution is 2.26. The van der Waals surface area contributed by atoms with Gasteiger partial charge in [-0.2, -0.15) is 0 Å². The van der Waals surface area contributed by atoms with Crippen LogP contribution >= 0.6 is 11.3 Å². The second-order valence-corrected chi connectivity index (χ2v) is 7.23. The van der Waals surface area contributed by atoms with E-state index < -0.39 is 0 Å². The monoisotopic (exact) mass is 390 g/mol. The number of ether oxygens (including phenoxy) is 2. The summed E-state index contributed by atoms with van der Waals surface area (Å²) < 4.78 is 10.2. The molecule has 0 aliphatic rings. The summed E-state index contributed by atoms with van der Waals surface area (Å²) in [6.45, 7) is 4.53. The van der Waals surface area contributed by atoms with E-state index in [1.807, 2.05) is 38.1 Å². The van der Waals surface area contributed by atoms with Gasteiger partial charge in [0.1, 0.15) is 16.5 Å². The molecule has 0 aliphatic heterocycles. The third-order valence-corrected chi connectivity index (χ3v) is 4.67. The number of nitrogens with zero attached hydrogens (tertiary/aromatic N) is 1. The van der Waals surface area contributed by atoms with E-state index in [0.29, 0.717) is 18.7 Å². The molecule has 6 nitrogen and oxygen atoms in total. The van der Waals surface area contributed by atoms with E-state index in [9.17, 15) is 9.59 Å². The Morgan fingerprint density at radius 1 is 1.15 bits per heavy atom. The third-order valence-electron chi connectivity index (χ3n) is 3.78. The molecule has 1 aromatic carbocycles. The average Bonchev–Trinajstić information content (AvgIpc) is 3.14. The first kappa shape index (κ1) is 20.9. The van der Waals surface area contributed by atoms with Crippen LogP contribution in [0.4, 0.5) is 0 Å². The van der Waals surface area contributed by atoms with Crippen molar-refractivity contribution in [1.29, 1.82) is 0 Å². The van der Waals surface area contributed by atoms with Gasteiger partial charge in [0.2, 0.25) is 0 Å². The summed E-state index contributed by atoms with van der Waals surface area (Å²) in [4.78, 5) is 27.6. The van der Waals surface area contributed by atoms with Crippen molar-refractivity contribution in [2.75, 3.05) is 13.7 Å². The molecule has 1 amide bonds. The lowest BCUT2D eigenvalue weighted by Gasteiger charge is -2.09. The van der Waals surface area contributed by atoms with Gasteiger partial charge in [-0.05, 0) is 51.0 Å². The molecular formula is C20H26N2O4S. The number of hydrogen-bond donors (Lipinski definition) is 1. The maximum atomic E-state index is 12.2. The van der Waals surface area contributed by atoms with E-state index >= 15 is 0 Å². The minimum atomic E-state index is -0.196. The average molecular weight is 391 g/mol. The molecule has 0 saturated heterocycles. The SMILES string of the molecule is COC(=O)CCCCCNC(=O)c1csc(-c2ccc(OC(C)C)cc2)n1. The zero-order valence-electron chi connectivity index (χ0n) is 16.0. The highest BCUT2D eigenvalue weighted by atomic mass is 32.1. The van der Waals surface area contributed by atoms with Crippen LogP contribution in [0.5, 0.6) is 5.75 Å². The Hall–Kier alpha value is -2.41. The number of esters is 1. The number of rotatable bonds is 10. The van der Waals surface area contributed by atoms with Crippen LogP contribution in [0.25, 0.3) is 10.6 Å². The Morgan fingerprint density at radius 2 is 1.89 bits per heavy atom. The van der Waals surface area contributed by atoms with Gasteiger partial charge in [0.15, 0.2) is 0 Å². The zero-order valence-corrected chi connectivity index (χ0v) is 16.8. The molecule has 0 saturated carbocycles. The van der Waals surface area contributed by atoms with Crippen molar-refractivity contribution in [3.05, 3.63) is 35.3 Å². The van der Waals surface area contributed by atoms with E-state index in [-0.39, 0.29) is 18.0 Å². The number of methoxy groups -OCH3 is 1. The first-order valence-electron chi connectivity index (χ1n) is 9.07. The molecule has 7 heteroatoms. The molecular weight excluding hydrogens is 364 g/mol. The van der Waals surface area contributed by atoms with Crippen molar-refractivity contribution in [2.45, 2.75) is 45.6 Å². The van der Waals surface area contributed by atoms with Crippen LogP contribution in [0.3, 0.4) is 0 Å². The van der Waals surface area contributed by atoms with E-state index in [0.717, 1.165) is 35.6 Å². The zero-order chi connectivity index (χ0) is 19.6. The van der Waals surface area contributed by atoms with Gasteiger partial charge in [0.25, 0.3) is 5.91 Å². The van der Waals surface area contributed by atoms with Crippen molar-refractivity contribution in [3.63, 3.8) is 0 Å². The van der Waals surface area contributed by atoms with Crippen LogP contribution in [0.1, 0.15) is 50.0 Å². The maximum Gasteiger partial charge on any atom is 0.305 e. The van der Waals surface area contributed by atoms with Crippen LogP contribution < -0.4 is 10.1 Å². The molecule has 2 aromatic rings. The molecule has 0 bridgehead atoms. The van der Waals surface area contributed by atoms with Crippen LogP contribution in [-0.4, -0.2) is 36.6 Å². The number of amides is 1. The molecule has 27 heavy (non-hydrogen) atoms. The van der Waals surface area contributed by atoms with E-state index in [4.69, 9.17) is 4.74 Å². The number of carbonyl (C=O) groups is 2. The standard InChI is InChI=1S/C20H26N2O4S/c1-14(2)26-16-10-8-15(9-11-16)20-22-17(13-27-20)19(24)21-12-6-4-5-7-18(23)25-3/h8-11,13-14H,4-7,12H2,1-3H3,(H,21,24). The fraction of sp³-hybridized carbons (Fsp3) is 0.450. The number of nitrogens with one attached hydrogen (secondary N) is 1. The Bertz CT molecular complexity index is 741. The number of hydrogen-bond acceptors (Lipinski definition) is 6. The number of benzene rings is 1. The van der Waals surface area contributed by atoms with Crippen molar-refractivity contribution >= 4 is 23.2 Å². The normalized spacial score (nSPS) is 10.7. The van der Waals surface area contributed by atoms with Gasteiger partial charge in [0.05, 0.1) is 13.2 Å². The minimum Gasteiger partial charge on any atom is -0.491 e. The first-order valence-corrected chi connectivity index (χ1v) is 9.95. The second kappa shape index (κ2) is 10.7. The maximum absolute atomic E-state index is 12.2. The van der Waals surface area contributed by atoms with Crippen LogP contribution in [-0.2, 0) is 9.53 Å². The molecule has 1 N–H and O–H groups in total. The number of thiazole rings is 1. The summed E-state index contributed by atoms with van der Waals surface area (Å²) in [6.07, 6.45) is 2.99. The molecule has 1 heterocycles. The van der Waals surface area contributed by atoms with E-state index in [1.165, 1.54) is 18.4 Å². The predicted octanol–water partition coefficient (Wildman–Crippen LogP) is 4.06. The van der Waals surface area contributed by atoms with Crippen molar-refractivity contribution < 1.29 is 19.1 Å². The van der Waals surface area contributed by atoms with Crippen molar-refractivity contribution in [1.82, 2.24) is 10.3 Å². The summed E-state index contributed by atoms with van der Waals surface area (Å²) in [5, 5.41) is 5.43. The van der Waals surface area contributed by atoms with Gasteiger partial charge in [0, 0.05) is 23.9 Å². The largest absolute Gasteiger partial charge is 0.491 e. The molecule has 0 unspecified atom stereocenters. The smallest absolute Gasteiger partial charge is 0.305 e. The Balaban J connectivity index is 1.79. The van der Waals surface area contributed by atoms with Crippen molar-refractivity contribution in [3.8, 4) is 16.3 Å². The molecule has 1 aromatic heterocycles. The van der Waals surface area contributed by atoms with Crippen LogP contribution in [0, 0.1) is 0 Å². The minimum absolute atomic E-state index is 0.131. The molecule has 0 atom stereocenters. The molecule has 2 rings (SSSR count). The summed E-state index contributed by atoms with van der Waals surface area (Å²) >= 11 is 1.44. The fourth-order valence-electron chi connectivity index (χ4n) is 2.42. The van der Waals surface area contributed by atoms with Gasteiger partial charge < -0.3 is 14.8 Å². The molecule has 0 spiro atoms. The van der Waals surface area contributed by atoms with Gasteiger partial charge in [-0.15, -0.1) is 11.3 Å². The van der Waals surface area contributed by atoms with Gasteiger partial charge >= 0.3 is 5.97 Å². The van der Waals surface area contributed by atoms with Crippen molar-refractivity contribution in [2.24, 2.45) is 0 Å². The predicted molar refractivity (Wildman–Crippen MR) is 106 cm³/mol. The lowest BCUT2D eigenvalue weighted by Crippen LogP contribution is -2.24. The lowest BCUT2D eigenvalue weighted by atomic mass is 10.2. The highest BCUT2D eigenvalue weighted by Gasteiger charge is 2.11. The van der Waals surface area contributed by atoms with Crippen LogP contribution in [0.15, 0.2) is 29.6 Å². The highest BCUT2D eigenvalue weighted by molar-refractivity contribution is 7.13. The quantitative estimate of drug-likeness (QED) is 0.489. The third kappa shape index (κ3) is 7.02. The number of unbranched alkanes of at least 4 members (excludes halogenated alkanes) is 2. The number of carbonyl (C=O) groups excluding carboxylic acids is 2. The summed E-state index contributed by atoms with van der Waals surface area (Å²) in [6, 6.07) is 7.70. The second-order valence-electron chi connectivity index (χ2n) is 6.37. The fourth-order valence-corrected chi connectivity index (χ4v) is 3.23. The Kier molecular flexibility index (Phi) is 8.26. The molecule has 0 fully saturated rings. The first-order chi connectivity index (χ1) is 13.0. The summed E-state index contributed by atoms with van der Waals surface area (Å²) in [7, 11) is 1.39. The van der Waals surface area contributed by atoms with Gasteiger partial charge in [-0.25, -0.2) is 4.98 Å². The number of aromatic nitrogens is 1. The van der Waals surface area contributed by atoms with Crippen LogP contribution in [0.2, 0.25) is 0 Å². The molecule has 146 valence electrons. The van der Waals surface area contributed by atoms with Gasteiger partial charge in [-0.3, -0.25) is 9.59 Å². The lowest BCUT2D eigenvalue weighted by molar-refractivity contribution is -0.140. The topological polar surface area (TPSA) is 77.5 Å². The Morgan fingerprint density at radius 3 is 2.56 bits per heavy atom. The summed E-state index contributed by atoms with van der Waals surface area (Å²) in [5.41, 5.74) is 1.38. The van der Waals surface area contributed by atoms with E-state index in [2.05, 4.69) is 15.0 Å². The van der Waals surface area contributed by atoms with E-state index in [1.54, 1.807) is 5.38 Å². The summed E-state index contributed by atoms with van der Waals surface area (Å²) in [5.74, 6) is 0.443. The molecule has 0 radical (unpaired) electrons. The Labute approximate surface area is 163 Å².